The van der Waals surface area contributed by atoms with Crippen molar-refractivity contribution in [3.63, 3.8) is 0 Å². The number of nitrogens with zero attached hydrogens (tertiary/aromatic N) is 2. The SMILES string of the molecule is CC(C)OC(=O)[C@H](CCC(=O)C=[N+]=N)NC(=O)c1cccnc1. The molecule has 122 valence electrons. The molecule has 0 saturated carbocycles. The van der Waals surface area contributed by atoms with Crippen molar-refractivity contribution < 1.29 is 23.9 Å². The molecule has 1 aromatic rings. The fourth-order valence-corrected chi connectivity index (χ4v) is 1.73. The zero-order valence-electron chi connectivity index (χ0n) is 13.0. The van der Waals surface area contributed by atoms with Crippen molar-refractivity contribution in [3.8, 4) is 0 Å². The highest BCUT2D eigenvalue weighted by atomic mass is 16.5. The largest absolute Gasteiger partial charge is 0.461 e. The quantitative estimate of drug-likeness (QED) is 0.317. The minimum Gasteiger partial charge on any atom is -0.461 e. The van der Waals surface area contributed by atoms with Crippen LogP contribution < -0.4 is 5.32 Å². The smallest absolute Gasteiger partial charge is 0.372 e. The van der Waals surface area contributed by atoms with E-state index in [0.717, 1.165) is 6.21 Å². The Hall–Kier alpha value is -2.86. The maximum absolute atomic E-state index is 12.1. The van der Waals surface area contributed by atoms with Crippen molar-refractivity contribution >= 4 is 23.9 Å². The number of ketones is 1. The Morgan fingerprint density at radius 2 is 2.17 bits per heavy atom. The number of carbonyl (C=O) groups excluding carboxylic acids is 3. The van der Waals surface area contributed by atoms with Gasteiger partial charge in [0.25, 0.3) is 5.91 Å². The van der Waals surface area contributed by atoms with Crippen molar-refractivity contribution in [2.24, 2.45) is 0 Å². The van der Waals surface area contributed by atoms with E-state index in [1.807, 2.05) is 0 Å². The fourth-order valence-electron chi connectivity index (χ4n) is 1.73. The Labute approximate surface area is 133 Å². The van der Waals surface area contributed by atoms with Crippen LogP contribution in [0.5, 0.6) is 0 Å². The third kappa shape index (κ3) is 6.62. The van der Waals surface area contributed by atoms with Gasteiger partial charge in [0.2, 0.25) is 5.78 Å². The summed E-state index contributed by atoms with van der Waals surface area (Å²) in [6.45, 7) is 3.38. The Morgan fingerprint density at radius 3 is 2.74 bits per heavy atom. The first-order valence-corrected chi connectivity index (χ1v) is 7.08. The first kappa shape index (κ1) is 18.2. The molecule has 0 aromatic carbocycles. The van der Waals surface area contributed by atoms with E-state index in [1.165, 1.54) is 12.4 Å². The molecule has 1 atom stereocenters. The fraction of sp³-hybridized carbons (Fsp3) is 0.400. The third-order valence-corrected chi connectivity index (χ3v) is 2.75. The van der Waals surface area contributed by atoms with E-state index in [4.69, 9.17) is 10.3 Å². The number of Topliss-reactive ketones (excluding diaryl/α,β-unsaturated/α-hetero) is 1. The van der Waals surface area contributed by atoms with E-state index in [2.05, 4.69) is 15.1 Å². The molecule has 1 rings (SSSR count). The van der Waals surface area contributed by atoms with Crippen LogP contribution in [0.3, 0.4) is 0 Å². The highest BCUT2D eigenvalue weighted by Gasteiger charge is 2.25. The van der Waals surface area contributed by atoms with Crippen molar-refractivity contribution in [1.82, 2.24) is 10.3 Å². The molecule has 0 saturated heterocycles. The summed E-state index contributed by atoms with van der Waals surface area (Å²) in [5.74, 6) is -1.50. The van der Waals surface area contributed by atoms with Gasteiger partial charge in [-0.05, 0) is 32.4 Å². The number of nitrogens with one attached hydrogen (secondary N) is 2. The van der Waals surface area contributed by atoms with Gasteiger partial charge in [0.15, 0.2) is 0 Å². The minimum absolute atomic E-state index is 0.0342. The molecule has 0 aliphatic heterocycles. The van der Waals surface area contributed by atoms with E-state index in [0.29, 0.717) is 5.56 Å². The molecule has 0 unspecified atom stereocenters. The van der Waals surface area contributed by atoms with E-state index in [9.17, 15) is 14.4 Å². The second kappa shape index (κ2) is 9.22. The molecule has 0 aliphatic rings. The summed E-state index contributed by atoms with van der Waals surface area (Å²) in [7, 11) is 0. The molecular formula is C15H19N4O4+. The van der Waals surface area contributed by atoms with Crippen molar-refractivity contribution in [2.45, 2.75) is 38.8 Å². The number of rotatable bonds is 8. The van der Waals surface area contributed by atoms with Gasteiger partial charge in [-0.3, -0.25) is 14.6 Å². The van der Waals surface area contributed by atoms with Crippen LogP contribution in [0.25, 0.3) is 0 Å². The van der Waals surface area contributed by atoms with Crippen LogP contribution in [0.4, 0.5) is 0 Å². The second-order valence-electron chi connectivity index (χ2n) is 5.02. The van der Waals surface area contributed by atoms with Gasteiger partial charge >= 0.3 is 12.2 Å². The lowest BCUT2D eigenvalue weighted by Gasteiger charge is -2.18. The second-order valence-corrected chi connectivity index (χ2v) is 5.02. The predicted molar refractivity (Wildman–Crippen MR) is 80.0 cm³/mol. The topological polar surface area (TPSA) is 123 Å². The van der Waals surface area contributed by atoms with Gasteiger partial charge in [0.05, 0.1) is 22.0 Å². The first-order valence-electron chi connectivity index (χ1n) is 7.08. The van der Waals surface area contributed by atoms with Crippen molar-refractivity contribution in [1.29, 1.82) is 5.53 Å². The molecule has 0 bridgehead atoms. The summed E-state index contributed by atoms with van der Waals surface area (Å²) in [6, 6.07) is 2.20. The van der Waals surface area contributed by atoms with Crippen LogP contribution in [0.1, 0.15) is 37.0 Å². The highest BCUT2D eigenvalue weighted by Crippen LogP contribution is 2.05. The normalized spacial score (nSPS) is 11.3. The van der Waals surface area contributed by atoms with Crippen LogP contribution in [-0.2, 0) is 14.3 Å². The van der Waals surface area contributed by atoms with Crippen LogP contribution in [0, 0.1) is 5.53 Å². The van der Waals surface area contributed by atoms with E-state index in [-0.39, 0.29) is 18.9 Å². The number of carbonyl (C=O) groups is 3. The molecular weight excluding hydrogens is 300 g/mol. The summed E-state index contributed by atoms with van der Waals surface area (Å²) in [5, 5.41) is 2.54. The van der Waals surface area contributed by atoms with Gasteiger partial charge in [-0.15, -0.1) is 0 Å². The van der Waals surface area contributed by atoms with Crippen LogP contribution in [0.15, 0.2) is 24.5 Å². The average molecular weight is 319 g/mol. The third-order valence-electron chi connectivity index (χ3n) is 2.75. The maximum Gasteiger partial charge on any atom is 0.372 e. The molecule has 0 aliphatic carbocycles. The van der Waals surface area contributed by atoms with Gasteiger partial charge < -0.3 is 10.1 Å². The van der Waals surface area contributed by atoms with Gasteiger partial charge in [-0.2, -0.15) is 0 Å². The number of esters is 1. The Morgan fingerprint density at radius 1 is 1.43 bits per heavy atom. The molecule has 2 N–H and O–H groups in total. The number of ether oxygens (including phenoxy) is 1. The van der Waals surface area contributed by atoms with E-state index >= 15 is 0 Å². The van der Waals surface area contributed by atoms with Crippen molar-refractivity contribution in [2.75, 3.05) is 0 Å². The monoisotopic (exact) mass is 319 g/mol. The summed E-state index contributed by atoms with van der Waals surface area (Å²) in [4.78, 5) is 42.3. The maximum atomic E-state index is 12.1. The molecule has 0 radical (unpaired) electrons. The minimum atomic E-state index is -0.965. The van der Waals surface area contributed by atoms with Gasteiger partial charge in [-0.1, -0.05) is 0 Å². The van der Waals surface area contributed by atoms with E-state index < -0.39 is 23.7 Å². The lowest BCUT2D eigenvalue weighted by molar-refractivity contribution is -0.150. The molecule has 0 spiro atoms. The molecule has 0 fully saturated rings. The molecule has 23 heavy (non-hydrogen) atoms. The summed E-state index contributed by atoms with van der Waals surface area (Å²) in [5.41, 5.74) is 6.90. The average Bonchev–Trinajstić information content (AvgIpc) is 2.51. The zero-order chi connectivity index (χ0) is 17.2. The van der Waals surface area contributed by atoms with Gasteiger partial charge in [0.1, 0.15) is 6.04 Å². The number of hydrogen-bond acceptors (Lipinski definition) is 6. The van der Waals surface area contributed by atoms with E-state index in [1.54, 1.807) is 26.0 Å². The number of aromatic nitrogens is 1. The lowest BCUT2D eigenvalue weighted by Crippen LogP contribution is -2.43. The highest BCUT2D eigenvalue weighted by molar-refractivity contribution is 6.25. The Balaban J connectivity index is 2.77. The predicted octanol–water partition coefficient (Wildman–Crippen LogP) is 0.791. The van der Waals surface area contributed by atoms with Crippen molar-refractivity contribution in [3.05, 3.63) is 30.1 Å². The molecule has 8 heteroatoms. The van der Waals surface area contributed by atoms with Gasteiger partial charge in [0, 0.05) is 18.8 Å². The number of pyridine rings is 1. The Bertz CT molecular complexity index is 609. The number of amides is 1. The molecule has 1 aromatic heterocycles. The van der Waals surface area contributed by atoms with Crippen LogP contribution in [-0.4, -0.2) is 45.8 Å². The zero-order valence-corrected chi connectivity index (χ0v) is 13.0. The Kier molecular flexibility index (Phi) is 7.29. The standard InChI is InChI=1S/C15H18N4O4/c1-10(2)23-15(22)13(6-5-12(20)9-18-16)19-14(21)11-4-3-7-17-8-11/h3-4,7-10,13,16H,5-6H2,1-2H3/p+1/t13-/m0/s1. The van der Waals surface area contributed by atoms with Crippen LogP contribution in [0.2, 0.25) is 0 Å². The lowest BCUT2D eigenvalue weighted by atomic mass is 10.1. The summed E-state index contributed by atoms with van der Waals surface area (Å²) in [6.07, 6.45) is 3.44. The van der Waals surface area contributed by atoms with Crippen LogP contribution >= 0.6 is 0 Å². The summed E-state index contributed by atoms with van der Waals surface area (Å²) >= 11 is 0. The molecule has 8 nitrogen and oxygen atoms in total. The molecule has 1 amide bonds. The molecule has 1 heterocycles. The summed E-state index contributed by atoms with van der Waals surface area (Å²) < 4.78 is 5.09. The van der Waals surface area contributed by atoms with Gasteiger partial charge in [-0.25, -0.2) is 4.79 Å². The first-order chi connectivity index (χ1) is 10.9. The number of hydrogen-bond donors (Lipinski definition) is 2.